The molecule has 2 atom stereocenters. The van der Waals surface area contributed by atoms with E-state index >= 15 is 0 Å². The highest BCUT2D eigenvalue weighted by atomic mass is 35.5. The van der Waals surface area contributed by atoms with E-state index in [1.807, 2.05) is 6.92 Å². The minimum absolute atomic E-state index is 0.143. The minimum atomic E-state index is -0.555. The fraction of sp³-hybridized carbons (Fsp3) is 0.571. The van der Waals surface area contributed by atoms with Gasteiger partial charge in [0.05, 0.1) is 12.2 Å². The van der Waals surface area contributed by atoms with Crippen LogP contribution in [0.1, 0.15) is 32.3 Å². The molecule has 0 aliphatic rings. The summed E-state index contributed by atoms with van der Waals surface area (Å²) in [6, 6.07) is 5.29. The summed E-state index contributed by atoms with van der Waals surface area (Å²) in [5.41, 5.74) is 0.859. The third-order valence-electron chi connectivity index (χ3n) is 2.82. The first-order valence-corrected chi connectivity index (χ1v) is 7.07. The largest absolute Gasteiger partial charge is 0.390 e. The second-order valence-electron chi connectivity index (χ2n) is 4.29. The Morgan fingerprint density at radius 1 is 1.28 bits per heavy atom. The number of hydrogen-bond acceptors (Lipinski definition) is 2. The smallest absolute Gasteiger partial charge is 0.0842 e. The van der Waals surface area contributed by atoms with Crippen LogP contribution in [0.3, 0.4) is 0 Å². The van der Waals surface area contributed by atoms with Gasteiger partial charge in [-0.2, -0.15) is 0 Å². The van der Waals surface area contributed by atoms with Crippen molar-refractivity contribution in [1.82, 2.24) is 0 Å². The zero-order valence-corrected chi connectivity index (χ0v) is 12.3. The highest BCUT2D eigenvalue weighted by Gasteiger charge is 2.20. The Hall–Kier alpha value is -0.280. The summed E-state index contributed by atoms with van der Waals surface area (Å²) in [5, 5.41) is 11.5. The van der Waals surface area contributed by atoms with Gasteiger partial charge in [0.15, 0.2) is 0 Å². The number of halogens is 2. The zero-order valence-electron chi connectivity index (χ0n) is 10.8. The van der Waals surface area contributed by atoms with E-state index in [0.29, 0.717) is 23.1 Å². The van der Waals surface area contributed by atoms with Crippen molar-refractivity contribution in [2.75, 3.05) is 6.61 Å². The second-order valence-corrected chi connectivity index (χ2v) is 5.13. The molecule has 0 amide bonds. The molecule has 1 rings (SSSR count). The predicted octanol–water partition coefficient (Wildman–Crippen LogP) is 4.10. The molecule has 0 aromatic heterocycles. The molecule has 1 N–H and O–H groups in total. The van der Waals surface area contributed by atoms with Crippen LogP contribution in [0.4, 0.5) is 0 Å². The molecule has 0 saturated heterocycles. The second kappa shape index (κ2) is 8.00. The van der Waals surface area contributed by atoms with Gasteiger partial charge in [0, 0.05) is 23.1 Å². The van der Waals surface area contributed by atoms with E-state index in [2.05, 4.69) is 6.92 Å². The van der Waals surface area contributed by atoms with Crippen molar-refractivity contribution in [2.45, 2.75) is 45.3 Å². The van der Waals surface area contributed by atoms with E-state index in [9.17, 15) is 5.11 Å². The maximum Gasteiger partial charge on any atom is 0.0842 e. The third-order valence-corrected chi connectivity index (χ3v) is 3.42. The van der Waals surface area contributed by atoms with Crippen LogP contribution in [0.15, 0.2) is 18.2 Å². The van der Waals surface area contributed by atoms with E-state index in [1.54, 1.807) is 18.2 Å². The molecule has 0 aliphatic heterocycles. The van der Waals surface area contributed by atoms with Crippen molar-refractivity contribution in [3.8, 4) is 0 Å². The molecular formula is C14H20Cl2O2. The first-order chi connectivity index (χ1) is 8.58. The van der Waals surface area contributed by atoms with Gasteiger partial charge in [-0.15, -0.1) is 0 Å². The number of hydrogen-bond donors (Lipinski definition) is 1. The minimum Gasteiger partial charge on any atom is -0.390 e. The molecular weight excluding hydrogens is 271 g/mol. The predicted molar refractivity (Wildman–Crippen MR) is 76.5 cm³/mol. The molecule has 2 unspecified atom stereocenters. The molecule has 102 valence electrons. The Morgan fingerprint density at radius 2 is 2.00 bits per heavy atom. The molecule has 0 spiro atoms. The molecule has 1 aromatic carbocycles. The van der Waals surface area contributed by atoms with Gasteiger partial charge in [-0.3, -0.25) is 0 Å². The summed E-state index contributed by atoms with van der Waals surface area (Å²) in [6.45, 7) is 4.61. The summed E-state index contributed by atoms with van der Waals surface area (Å²) in [5.74, 6) is 0. The van der Waals surface area contributed by atoms with Crippen molar-refractivity contribution in [3.05, 3.63) is 33.8 Å². The maximum atomic E-state index is 10.2. The Labute approximate surface area is 119 Å². The first-order valence-electron chi connectivity index (χ1n) is 6.32. The molecule has 1 aromatic rings. The molecule has 0 bridgehead atoms. The molecule has 2 nitrogen and oxygen atoms in total. The van der Waals surface area contributed by atoms with Gasteiger partial charge in [-0.05, 0) is 37.1 Å². The number of rotatable bonds is 7. The Balaban J connectivity index is 2.71. The monoisotopic (exact) mass is 290 g/mol. The van der Waals surface area contributed by atoms with Crippen molar-refractivity contribution in [2.24, 2.45) is 0 Å². The van der Waals surface area contributed by atoms with Crippen LogP contribution >= 0.6 is 23.2 Å². The Morgan fingerprint density at radius 3 is 2.61 bits per heavy atom. The van der Waals surface area contributed by atoms with Crippen LogP contribution in [0.2, 0.25) is 10.0 Å². The van der Waals surface area contributed by atoms with Gasteiger partial charge in [0.1, 0.15) is 0 Å². The Kier molecular flexibility index (Phi) is 7.02. The van der Waals surface area contributed by atoms with Crippen molar-refractivity contribution < 1.29 is 9.84 Å². The van der Waals surface area contributed by atoms with Crippen molar-refractivity contribution >= 4 is 23.2 Å². The van der Waals surface area contributed by atoms with Gasteiger partial charge in [0.25, 0.3) is 0 Å². The maximum absolute atomic E-state index is 10.2. The van der Waals surface area contributed by atoms with Gasteiger partial charge in [-0.1, -0.05) is 36.5 Å². The highest BCUT2D eigenvalue weighted by Crippen LogP contribution is 2.23. The molecule has 4 heteroatoms. The molecule has 18 heavy (non-hydrogen) atoms. The van der Waals surface area contributed by atoms with Crippen LogP contribution in [0.25, 0.3) is 0 Å². The van der Waals surface area contributed by atoms with E-state index in [0.717, 1.165) is 18.4 Å². The summed E-state index contributed by atoms with van der Waals surface area (Å²) >= 11 is 12.0. The lowest BCUT2D eigenvalue weighted by Gasteiger charge is -2.23. The lowest BCUT2D eigenvalue weighted by atomic mass is 10.0. The molecule has 0 saturated carbocycles. The third kappa shape index (κ3) is 4.77. The fourth-order valence-electron chi connectivity index (χ4n) is 1.94. The fourth-order valence-corrected chi connectivity index (χ4v) is 2.33. The first kappa shape index (κ1) is 15.8. The van der Waals surface area contributed by atoms with E-state index in [-0.39, 0.29) is 6.10 Å². The Bertz CT molecular complexity index is 363. The lowest BCUT2D eigenvalue weighted by molar-refractivity contribution is -0.0363. The topological polar surface area (TPSA) is 29.5 Å². The van der Waals surface area contributed by atoms with Crippen LogP contribution in [-0.2, 0) is 11.2 Å². The van der Waals surface area contributed by atoms with E-state index in [4.69, 9.17) is 27.9 Å². The summed E-state index contributed by atoms with van der Waals surface area (Å²) < 4.78 is 5.56. The van der Waals surface area contributed by atoms with Crippen molar-refractivity contribution in [1.29, 1.82) is 0 Å². The standard InChI is InChI=1S/C14H20Cl2O2/c1-3-5-14(18-4-2)13(17)9-10-8-11(15)6-7-12(10)16/h6-8,13-14,17H,3-5,9H2,1-2H3. The summed E-state index contributed by atoms with van der Waals surface area (Å²) in [4.78, 5) is 0. The number of ether oxygens (including phenoxy) is 1. The van der Waals surface area contributed by atoms with Crippen LogP contribution in [0, 0.1) is 0 Å². The SMILES string of the molecule is CCCC(OCC)C(O)Cc1cc(Cl)ccc1Cl. The number of aliphatic hydroxyl groups excluding tert-OH is 1. The number of aliphatic hydroxyl groups is 1. The average Bonchev–Trinajstić information content (AvgIpc) is 2.33. The zero-order chi connectivity index (χ0) is 13.5. The lowest BCUT2D eigenvalue weighted by Crippen LogP contribution is -2.31. The van der Waals surface area contributed by atoms with Crippen LogP contribution in [-0.4, -0.2) is 23.9 Å². The molecule has 0 heterocycles. The van der Waals surface area contributed by atoms with Gasteiger partial charge in [0.2, 0.25) is 0 Å². The van der Waals surface area contributed by atoms with Crippen molar-refractivity contribution in [3.63, 3.8) is 0 Å². The molecule has 0 radical (unpaired) electrons. The average molecular weight is 291 g/mol. The summed E-state index contributed by atoms with van der Waals surface area (Å²) in [7, 11) is 0. The summed E-state index contributed by atoms with van der Waals surface area (Å²) in [6.07, 6.45) is 1.58. The van der Waals surface area contributed by atoms with Crippen LogP contribution < -0.4 is 0 Å². The van der Waals surface area contributed by atoms with Gasteiger partial charge >= 0.3 is 0 Å². The quantitative estimate of drug-likeness (QED) is 0.819. The highest BCUT2D eigenvalue weighted by molar-refractivity contribution is 6.33. The van der Waals surface area contributed by atoms with Gasteiger partial charge in [-0.25, -0.2) is 0 Å². The van der Waals surface area contributed by atoms with E-state index < -0.39 is 6.10 Å². The molecule has 0 aliphatic carbocycles. The molecule has 0 fully saturated rings. The normalized spacial score (nSPS) is 14.5. The van der Waals surface area contributed by atoms with E-state index in [1.165, 1.54) is 0 Å². The van der Waals surface area contributed by atoms with Gasteiger partial charge < -0.3 is 9.84 Å². The van der Waals surface area contributed by atoms with Crippen LogP contribution in [0.5, 0.6) is 0 Å². The number of benzene rings is 1.